The highest BCUT2D eigenvalue weighted by Crippen LogP contribution is 2.26. The molecule has 88 valence electrons. The summed E-state index contributed by atoms with van der Waals surface area (Å²) in [5.74, 6) is 1.67. The number of methoxy groups -OCH3 is 1. The first kappa shape index (κ1) is 11.4. The van der Waals surface area contributed by atoms with Gasteiger partial charge in [-0.05, 0) is 30.7 Å². The minimum absolute atomic E-state index is 0.810. The molecule has 0 atom stereocenters. The molecule has 0 aliphatic rings. The van der Waals surface area contributed by atoms with E-state index in [1.165, 1.54) is 0 Å². The standard InChI is InChI=1S/C13H15N3O/c1-9-6-10(17-3)4-5-11(9)12-7-13(14-2)16-8-15-12/h4-8H,1-3H3,(H,14,15,16). The van der Waals surface area contributed by atoms with E-state index in [0.717, 1.165) is 28.4 Å². The summed E-state index contributed by atoms with van der Waals surface area (Å²) in [4.78, 5) is 8.38. The molecule has 1 aromatic heterocycles. The molecule has 0 aliphatic heterocycles. The largest absolute Gasteiger partial charge is 0.497 e. The van der Waals surface area contributed by atoms with Crippen molar-refractivity contribution in [2.24, 2.45) is 0 Å². The Kier molecular flexibility index (Phi) is 3.23. The van der Waals surface area contributed by atoms with Crippen molar-refractivity contribution in [3.63, 3.8) is 0 Å². The summed E-state index contributed by atoms with van der Waals surface area (Å²) >= 11 is 0. The Morgan fingerprint density at radius 2 is 2.00 bits per heavy atom. The van der Waals surface area contributed by atoms with Crippen LogP contribution in [0.5, 0.6) is 5.75 Å². The molecular formula is C13H15N3O. The Morgan fingerprint density at radius 1 is 1.18 bits per heavy atom. The van der Waals surface area contributed by atoms with Crippen LogP contribution >= 0.6 is 0 Å². The second-order valence-corrected chi connectivity index (χ2v) is 3.72. The van der Waals surface area contributed by atoms with Gasteiger partial charge in [0, 0.05) is 18.7 Å². The fourth-order valence-electron chi connectivity index (χ4n) is 1.69. The highest BCUT2D eigenvalue weighted by atomic mass is 16.5. The van der Waals surface area contributed by atoms with Crippen LogP contribution in [-0.4, -0.2) is 24.1 Å². The predicted octanol–water partition coefficient (Wildman–Crippen LogP) is 2.50. The lowest BCUT2D eigenvalue weighted by Crippen LogP contribution is -1.95. The number of hydrogen-bond acceptors (Lipinski definition) is 4. The van der Waals surface area contributed by atoms with Crippen molar-refractivity contribution in [1.82, 2.24) is 9.97 Å². The summed E-state index contributed by atoms with van der Waals surface area (Å²) < 4.78 is 5.19. The van der Waals surface area contributed by atoms with E-state index >= 15 is 0 Å². The van der Waals surface area contributed by atoms with Gasteiger partial charge in [0.2, 0.25) is 0 Å². The van der Waals surface area contributed by atoms with Gasteiger partial charge in [-0.25, -0.2) is 9.97 Å². The Bertz CT molecular complexity index is 526. The topological polar surface area (TPSA) is 47.0 Å². The maximum absolute atomic E-state index is 5.19. The zero-order valence-electron chi connectivity index (χ0n) is 10.2. The van der Waals surface area contributed by atoms with Crippen LogP contribution in [0.15, 0.2) is 30.6 Å². The SMILES string of the molecule is CNc1cc(-c2ccc(OC)cc2C)ncn1. The van der Waals surface area contributed by atoms with Crippen LogP contribution in [0.2, 0.25) is 0 Å². The Morgan fingerprint density at radius 3 is 2.65 bits per heavy atom. The van der Waals surface area contributed by atoms with Crippen molar-refractivity contribution in [3.8, 4) is 17.0 Å². The van der Waals surface area contributed by atoms with Crippen LogP contribution in [-0.2, 0) is 0 Å². The van der Waals surface area contributed by atoms with Crippen LogP contribution in [0.25, 0.3) is 11.3 Å². The van der Waals surface area contributed by atoms with E-state index in [2.05, 4.69) is 15.3 Å². The lowest BCUT2D eigenvalue weighted by atomic mass is 10.1. The van der Waals surface area contributed by atoms with Crippen molar-refractivity contribution < 1.29 is 4.74 Å². The lowest BCUT2D eigenvalue weighted by molar-refractivity contribution is 0.414. The number of anilines is 1. The van der Waals surface area contributed by atoms with Crippen molar-refractivity contribution in [3.05, 3.63) is 36.2 Å². The summed E-state index contributed by atoms with van der Waals surface area (Å²) in [5, 5.41) is 3.00. The minimum Gasteiger partial charge on any atom is -0.497 e. The molecule has 0 bridgehead atoms. The Hall–Kier alpha value is -2.10. The third-order valence-electron chi connectivity index (χ3n) is 2.63. The van der Waals surface area contributed by atoms with Gasteiger partial charge < -0.3 is 10.1 Å². The number of ether oxygens (including phenoxy) is 1. The molecule has 2 aromatic rings. The van der Waals surface area contributed by atoms with Gasteiger partial charge in [-0.3, -0.25) is 0 Å². The number of nitrogens with zero attached hydrogens (tertiary/aromatic N) is 2. The number of aryl methyl sites for hydroxylation is 1. The van der Waals surface area contributed by atoms with E-state index in [9.17, 15) is 0 Å². The van der Waals surface area contributed by atoms with E-state index in [1.807, 2.05) is 38.2 Å². The number of benzene rings is 1. The molecule has 1 heterocycles. The van der Waals surface area contributed by atoms with Crippen LogP contribution in [0, 0.1) is 6.92 Å². The quantitative estimate of drug-likeness (QED) is 0.878. The molecule has 0 fully saturated rings. The van der Waals surface area contributed by atoms with E-state index in [1.54, 1.807) is 13.4 Å². The molecule has 17 heavy (non-hydrogen) atoms. The first-order valence-electron chi connectivity index (χ1n) is 5.39. The molecule has 1 N–H and O–H groups in total. The maximum Gasteiger partial charge on any atom is 0.129 e. The summed E-state index contributed by atoms with van der Waals surface area (Å²) in [5.41, 5.74) is 3.12. The molecule has 4 heteroatoms. The van der Waals surface area contributed by atoms with Gasteiger partial charge in [-0.1, -0.05) is 0 Å². The average molecular weight is 229 g/mol. The molecule has 2 rings (SSSR count). The van der Waals surface area contributed by atoms with Gasteiger partial charge in [0.25, 0.3) is 0 Å². The van der Waals surface area contributed by atoms with E-state index in [4.69, 9.17) is 4.74 Å². The molecule has 0 amide bonds. The Labute approximate surface area is 101 Å². The third kappa shape index (κ3) is 2.36. The van der Waals surface area contributed by atoms with E-state index < -0.39 is 0 Å². The smallest absolute Gasteiger partial charge is 0.129 e. The van der Waals surface area contributed by atoms with Gasteiger partial charge in [0.05, 0.1) is 12.8 Å². The maximum atomic E-state index is 5.19. The molecule has 4 nitrogen and oxygen atoms in total. The first-order chi connectivity index (χ1) is 8.24. The molecule has 0 saturated heterocycles. The number of rotatable bonds is 3. The van der Waals surface area contributed by atoms with Crippen LogP contribution in [0.1, 0.15) is 5.56 Å². The zero-order valence-corrected chi connectivity index (χ0v) is 10.2. The average Bonchev–Trinajstić information content (AvgIpc) is 2.38. The van der Waals surface area contributed by atoms with Gasteiger partial charge in [0.15, 0.2) is 0 Å². The van der Waals surface area contributed by atoms with Crippen LogP contribution < -0.4 is 10.1 Å². The fraction of sp³-hybridized carbons (Fsp3) is 0.231. The van der Waals surface area contributed by atoms with Gasteiger partial charge in [-0.15, -0.1) is 0 Å². The second kappa shape index (κ2) is 4.82. The van der Waals surface area contributed by atoms with Gasteiger partial charge in [-0.2, -0.15) is 0 Å². The molecule has 0 radical (unpaired) electrons. The Balaban J connectivity index is 2.45. The van der Waals surface area contributed by atoms with Crippen molar-refractivity contribution in [2.45, 2.75) is 6.92 Å². The number of nitrogens with one attached hydrogen (secondary N) is 1. The molecule has 0 saturated carbocycles. The third-order valence-corrected chi connectivity index (χ3v) is 2.63. The number of aromatic nitrogens is 2. The molecular weight excluding hydrogens is 214 g/mol. The van der Waals surface area contributed by atoms with Crippen molar-refractivity contribution in [2.75, 3.05) is 19.5 Å². The van der Waals surface area contributed by atoms with Crippen LogP contribution in [0.4, 0.5) is 5.82 Å². The second-order valence-electron chi connectivity index (χ2n) is 3.72. The van der Waals surface area contributed by atoms with Crippen molar-refractivity contribution >= 4 is 5.82 Å². The summed E-state index contributed by atoms with van der Waals surface area (Å²) in [6.45, 7) is 2.04. The molecule has 0 aliphatic carbocycles. The predicted molar refractivity (Wildman–Crippen MR) is 68.3 cm³/mol. The normalized spacial score (nSPS) is 10.1. The first-order valence-corrected chi connectivity index (χ1v) is 5.39. The van der Waals surface area contributed by atoms with Crippen LogP contribution in [0.3, 0.4) is 0 Å². The number of hydrogen-bond donors (Lipinski definition) is 1. The monoisotopic (exact) mass is 229 g/mol. The summed E-state index contributed by atoms with van der Waals surface area (Å²) in [6, 6.07) is 7.87. The van der Waals surface area contributed by atoms with Crippen molar-refractivity contribution in [1.29, 1.82) is 0 Å². The molecule has 1 aromatic carbocycles. The molecule has 0 spiro atoms. The van der Waals surface area contributed by atoms with Gasteiger partial charge in [0.1, 0.15) is 17.9 Å². The summed E-state index contributed by atoms with van der Waals surface area (Å²) in [6.07, 6.45) is 1.56. The lowest BCUT2D eigenvalue weighted by Gasteiger charge is -2.08. The van der Waals surface area contributed by atoms with E-state index in [-0.39, 0.29) is 0 Å². The fourth-order valence-corrected chi connectivity index (χ4v) is 1.69. The zero-order chi connectivity index (χ0) is 12.3. The van der Waals surface area contributed by atoms with Gasteiger partial charge >= 0.3 is 0 Å². The highest BCUT2D eigenvalue weighted by Gasteiger charge is 2.05. The van der Waals surface area contributed by atoms with E-state index in [0.29, 0.717) is 0 Å². The summed E-state index contributed by atoms with van der Waals surface area (Å²) in [7, 11) is 3.51. The minimum atomic E-state index is 0.810. The highest BCUT2D eigenvalue weighted by molar-refractivity contribution is 5.66. The molecule has 0 unspecified atom stereocenters.